The highest BCUT2D eigenvalue weighted by atomic mass is 35.5. The SMILES string of the molecule is Nc1cc(Cl)nc(N)[n+]1O. The number of hydrogen-bond donors (Lipinski definition) is 3. The van der Waals surface area contributed by atoms with E-state index in [0.29, 0.717) is 4.73 Å². The molecule has 10 heavy (non-hydrogen) atoms. The van der Waals surface area contributed by atoms with Gasteiger partial charge in [-0.25, -0.2) is 0 Å². The van der Waals surface area contributed by atoms with Crippen molar-refractivity contribution < 1.29 is 9.94 Å². The Morgan fingerprint density at radius 3 is 2.70 bits per heavy atom. The van der Waals surface area contributed by atoms with E-state index in [4.69, 9.17) is 28.3 Å². The van der Waals surface area contributed by atoms with Crippen molar-refractivity contribution in [2.24, 2.45) is 0 Å². The second kappa shape index (κ2) is 2.18. The van der Waals surface area contributed by atoms with Gasteiger partial charge in [-0.15, -0.1) is 0 Å². The van der Waals surface area contributed by atoms with Crippen LogP contribution in [-0.2, 0) is 0 Å². The molecule has 6 heteroatoms. The number of anilines is 2. The van der Waals surface area contributed by atoms with Gasteiger partial charge in [0.25, 0.3) is 0 Å². The molecule has 0 atom stereocenters. The lowest BCUT2D eigenvalue weighted by Gasteiger charge is -1.95. The highest BCUT2D eigenvalue weighted by Crippen LogP contribution is 2.06. The number of rotatable bonds is 0. The first-order chi connectivity index (χ1) is 4.61. The topological polar surface area (TPSA) is 89.0 Å². The van der Waals surface area contributed by atoms with Gasteiger partial charge < -0.3 is 16.7 Å². The maximum Gasteiger partial charge on any atom is 0.382 e. The summed E-state index contributed by atoms with van der Waals surface area (Å²) in [6.07, 6.45) is 0. The number of halogens is 1. The summed E-state index contributed by atoms with van der Waals surface area (Å²) in [5.74, 6) is -0.0810. The third-order valence-electron chi connectivity index (χ3n) is 0.950. The van der Waals surface area contributed by atoms with E-state index < -0.39 is 0 Å². The fourth-order valence-corrected chi connectivity index (χ4v) is 0.703. The van der Waals surface area contributed by atoms with Crippen LogP contribution in [0.1, 0.15) is 0 Å². The van der Waals surface area contributed by atoms with Gasteiger partial charge in [-0.1, -0.05) is 4.98 Å². The second-order valence-electron chi connectivity index (χ2n) is 1.67. The normalized spacial score (nSPS) is 9.70. The monoisotopic (exact) mass is 161 g/mol. The van der Waals surface area contributed by atoms with E-state index in [1.54, 1.807) is 0 Å². The van der Waals surface area contributed by atoms with Crippen LogP contribution in [0.15, 0.2) is 6.07 Å². The Morgan fingerprint density at radius 2 is 2.20 bits per heavy atom. The summed E-state index contributed by atoms with van der Waals surface area (Å²) >= 11 is 5.43. The van der Waals surface area contributed by atoms with Crippen LogP contribution in [-0.4, -0.2) is 10.2 Å². The Hall–Kier alpha value is -1.23. The predicted octanol–water partition coefficient (Wildman–Crippen LogP) is -0.576. The van der Waals surface area contributed by atoms with Crippen molar-refractivity contribution >= 4 is 23.4 Å². The van der Waals surface area contributed by atoms with E-state index in [1.165, 1.54) is 6.07 Å². The van der Waals surface area contributed by atoms with Crippen LogP contribution in [0.25, 0.3) is 0 Å². The van der Waals surface area contributed by atoms with E-state index in [9.17, 15) is 0 Å². The average Bonchev–Trinajstić information content (AvgIpc) is 1.82. The summed E-state index contributed by atoms with van der Waals surface area (Å²) < 4.78 is 0.547. The van der Waals surface area contributed by atoms with Crippen molar-refractivity contribution in [3.05, 3.63) is 11.2 Å². The van der Waals surface area contributed by atoms with Crippen molar-refractivity contribution in [2.45, 2.75) is 0 Å². The molecule has 0 saturated heterocycles. The van der Waals surface area contributed by atoms with Crippen LogP contribution in [0.5, 0.6) is 0 Å². The van der Waals surface area contributed by atoms with Gasteiger partial charge >= 0.3 is 5.95 Å². The molecule has 0 amide bonds. The fraction of sp³-hybridized carbons (Fsp3) is 0. The fourth-order valence-electron chi connectivity index (χ4n) is 0.505. The second-order valence-corrected chi connectivity index (χ2v) is 2.06. The third kappa shape index (κ3) is 1.03. The minimum absolute atomic E-state index is 0.0532. The molecule has 5 nitrogen and oxygen atoms in total. The molecule has 0 spiro atoms. The van der Waals surface area contributed by atoms with Gasteiger partial charge in [0, 0.05) is 0 Å². The number of aromatic nitrogens is 2. The highest BCUT2D eigenvalue weighted by Gasteiger charge is 2.09. The Morgan fingerprint density at radius 1 is 1.60 bits per heavy atom. The number of nitrogens with zero attached hydrogens (tertiary/aromatic N) is 2. The zero-order valence-corrected chi connectivity index (χ0v) is 5.71. The van der Waals surface area contributed by atoms with Gasteiger partial charge in [0.05, 0.1) is 6.07 Å². The number of nitrogen functional groups attached to an aromatic ring is 2. The minimum atomic E-state index is -0.134. The highest BCUT2D eigenvalue weighted by molar-refractivity contribution is 6.29. The molecule has 0 unspecified atom stereocenters. The Kier molecular flexibility index (Phi) is 1.50. The summed E-state index contributed by atoms with van der Waals surface area (Å²) in [6.45, 7) is 0. The maximum atomic E-state index is 8.88. The maximum absolute atomic E-state index is 8.88. The molecule has 5 N–H and O–H groups in total. The first-order valence-corrected chi connectivity index (χ1v) is 2.82. The molecule has 0 bridgehead atoms. The largest absolute Gasteiger partial charge is 0.382 e. The molecule has 1 aromatic rings. The lowest BCUT2D eigenvalue weighted by molar-refractivity contribution is -0.883. The summed E-state index contributed by atoms with van der Waals surface area (Å²) in [4.78, 5) is 3.51. The summed E-state index contributed by atoms with van der Waals surface area (Å²) in [7, 11) is 0. The smallest absolute Gasteiger partial charge is 0.382 e. The molecular formula is C4H6ClN4O+. The molecule has 0 aromatic carbocycles. The predicted molar refractivity (Wildman–Crippen MR) is 35.5 cm³/mol. The third-order valence-corrected chi connectivity index (χ3v) is 1.14. The number of hydrogen-bond acceptors (Lipinski definition) is 4. The summed E-state index contributed by atoms with van der Waals surface area (Å²) in [5.41, 5.74) is 10.4. The molecule has 0 aliphatic heterocycles. The number of nitrogens with two attached hydrogens (primary N) is 2. The van der Waals surface area contributed by atoms with Gasteiger partial charge in [0.1, 0.15) is 0 Å². The van der Waals surface area contributed by atoms with E-state index in [-0.39, 0.29) is 16.9 Å². The van der Waals surface area contributed by atoms with Crippen LogP contribution in [0.3, 0.4) is 0 Å². The van der Waals surface area contributed by atoms with E-state index in [1.807, 2.05) is 0 Å². The van der Waals surface area contributed by atoms with Crippen LogP contribution < -0.4 is 16.2 Å². The Bertz CT molecular complexity index is 240. The van der Waals surface area contributed by atoms with Crippen LogP contribution in [0.4, 0.5) is 11.8 Å². The molecule has 0 aliphatic rings. The van der Waals surface area contributed by atoms with Gasteiger partial charge in [-0.3, -0.25) is 0 Å². The van der Waals surface area contributed by atoms with Gasteiger partial charge in [0.15, 0.2) is 5.15 Å². The molecule has 0 aliphatic carbocycles. The molecule has 54 valence electrons. The zero-order chi connectivity index (χ0) is 7.72. The Labute approximate surface area is 61.8 Å². The van der Waals surface area contributed by atoms with E-state index in [2.05, 4.69) is 4.98 Å². The molecular weight excluding hydrogens is 156 g/mol. The quantitative estimate of drug-likeness (QED) is 0.270. The molecule has 0 radical (unpaired) electrons. The molecule has 1 rings (SSSR count). The van der Waals surface area contributed by atoms with E-state index >= 15 is 0 Å². The summed E-state index contributed by atoms with van der Waals surface area (Å²) in [6, 6.07) is 1.29. The van der Waals surface area contributed by atoms with Gasteiger partial charge in [0.2, 0.25) is 5.82 Å². The molecule has 1 aromatic heterocycles. The average molecular weight is 162 g/mol. The lowest BCUT2D eigenvalue weighted by atomic mass is 10.6. The van der Waals surface area contributed by atoms with Crippen molar-refractivity contribution in [3.8, 4) is 0 Å². The lowest BCUT2D eigenvalue weighted by Crippen LogP contribution is -2.38. The van der Waals surface area contributed by atoms with Gasteiger partial charge in [-0.2, -0.15) is 0 Å². The zero-order valence-electron chi connectivity index (χ0n) is 4.95. The van der Waals surface area contributed by atoms with Crippen LogP contribution in [0, 0.1) is 0 Å². The standard InChI is InChI=1S/C4H5ClN4O/c5-2-1-3(6)9(10)4(7)8-2/h1,10H,(H3,6,7,8)/p+1. The van der Waals surface area contributed by atoms with Gasteiger partial charge in [-0.05, 0) is 16.3 Å². The summed E-state index contributed by atoms with van der Waals surface area (Å²) in [5, 5.41) is 9.03. The Balaban J connectivity index is 3.31. The van der Waals surface area contributed by atoms with Crippen molar-refractivity contribution in [2.75, 3.05) is 11.5 Å². The van der Waals surface area contributed by atoms with Crippen LogP contribution >= 0.6 is 11.6 Å². The molecule has 0 saturated carbocycles. The van der Waals surface area contributed by atoms with Crippen molar-refractivity contribution in [1.82, 2.24) is 4.98 Å². The van der Waals surface area contributed by atoms with E-state index in [0.717, 1.165) is 0 Å². The van der Waals surface area contributed by atoms with Crippen LogP contribution in [0.2, 0.25) is 5.15 Å². The first-order valence-electron chi connectivity index (χ1n) is 2.44. The van der Waals surface area contributed by atoms with Crippen molar-refractivity contribution in [1.29, 1.82) is 0 Å². The van der Waals surface area contributed by atoms with Crippen molar-refractivity contribution in [3.63, 3.8) is 0 Å². The molecule has 0 fully saturated rings. The minimum Gasteiger partial charge on any atom is -0.382 e. The molecule has 1 heterocycles. The first kappa shape index (κ1) is 6.88.